The van der Waals surface area contributed by atoms with E-state index in [1.807, 2.05) is 0 Å². The number of hydrogen-bond donors (Lipinski definition) is 3. The van der Waals surface area contributed by atoms with Crippen molar-refractivity contribution in [2.75, 3.05) is 0 Å². The zero-order valence-electron chi connectivity index (χ0n) is 13.0. The second kappa shape index (κ2) is 6.54. The Kier molecular flexibility index (Phi) is 4.29. The first-order chi connectivity index (χ1) is 11.6. The number of aromatic amines is 1. The molecule has 0 aliphatic heterocycles. The van der Waals surface area contributed by atoms with Gasteiger partial charge in [-0.1, -0.05) is 24.3 Å². The number of nitrogens with one attached hydrogen (secondary N) is 2. The number of amides is 1. The van der Waals surface area contributed by atoms with Gasteiger partial charge in [-0.3, -0.25) is 9.89 Å². The first kappa shape index (κ1) is 15.7. The molecule has 0 aliphatic carbocycles. The van der Waals surface area contributed by atoms with Crippen molar-refractivity contribution < 1.29 is 14.3 Å². The Balaban J connectivity index is 1.84. The number of halogens is 1. The number of aromatic hydroxyl groups is 1. The highest BCUT2D eigenvalue weighted by Crippen LogP contribution is 2.25. The van der Waals surface area contributed by atoms with Crippen LogP contribution in [0.1, 0.15) is 28.9 Å². The largest absolute Gasteiger partial charge is 0.508 e. The minimum atomic E-state index is -0.433. The number of phenols is 1. The molecule has 0 saturated heterocycles. The van der Waals surface area contributed by atoms with Crippen LogP contribution >= 0.6 is 0 Å². The van der Waals surface area contributed by atoms with E-state index < -0.39 is 5.82 Å². The normalized spacial score (nSPS) is 11.9. The Bertz CT molecular complexity index is 876. The molecule has 0 aliphatic rings. The van der Waals surface area contributed by atoms with Crippen LogP contribution in [-0.2, 0) is 0 Å². The molecular weight excluding hydrogens is 309 g/mol. The second-order valence-electron chi connectivity index (χ2n) is 5.43. The molecule has 122 valence electrons. The predicted molar refractivity (Wildman–Crippen MR) is 88.0 cm³/mol. The summed E-state index contributed by atoms with van der Waals surface area (Å²) in [5.41, 5.74) is 1.63. The average Bonchev–Trinajstić information content (AvgIpc) is 3.04. The molecule has 5 nitrogen and oxygen atoms in total. The monoisotopic (exact) mass is 325 g/mol. The third-order valence-electron chi connectivity index (χ3n) is 3.74. The molecule has 24 heavy (non-hydrogen) atoms. The summed E-state index contributed by atoms with van der Waals surface area (Å²) >= 11 is 0. The van der Waals surface area contributed by atoms with Crippen molar-refractivity contribution in [1.82, 2.24) is 15.5 Å². The topological polar surface area (TPSA) is 78.0 Å². The number of carbonyl (C=O) groups is 1. The maximum atomic E-state index is 14.0. The van der Waals surface area contributed by atoms with Crippen molar-refractivity contribution in [3.8, 4) is 17.0 Å². The van der Waals surface area contributed by atoms with Crippen LogP contribution in [0.4, 0.5) is 4.39 Å². The van der Waals surface area contributed by atoms with E-state index in [4.69, 9.17) is 0 Å². The summed E-state index contributed by atoms with van der Waals surface area (Å²) in [6.07, 6.45) is 1.37. The summed E-state index contributed by atoms with van der Waals surface area (Å²) in [4.78, 5) is 12.5. The van der Waals surface area contributed by atoms with Crippen LogP contribution in [0.2, 0.25) is 0 Å². The molecule has 1 unspecified atom stereocenters. The Hall–Kier alpha value is -3.15. The molecule has 1 heterocycles. The third-order valence-corrected chi connectivity index (χ3v) is 3.74. The highest BCUT2D eigenvalue weighted by atomic mass is 19.1. The van der Waals surface area contributed by atoms with Crippen molar-refractivity contribution in [2.45, 2.75) is 13.0 Å². The summed E-state index contributed by atoms with van der Waals surface area (Å²) in [5.74, 6) is -0.682. The number of carbonyl (C=O) groups excluding carboxylic acids is 1. The zero-order chi connectivity index (χ0) is 17.1. The molecule has 3 N–H and O–H groups in total. The lowest BCUT2D eigenvalue weighted by Crippen LogP contribution is -2.26. The lowest BCUT2D eigenvalue weighted by molar-refractivity contribution is 0.0940. The van der Waals surface area contributed by atoms with Gasteiger partial charge in [0.25, 0.3) is 5.91 Å². The van der Waals surface area contributed by atoms with Gasteiger partial charge in [0.2, 0.25) is 0 Å². The lowest BCUT2D eigenvalue weighted by atomic mass is 10.1. The van der Waals surface area contributed by atoms with E-state index in [9.17, 15) is 14.3 Å². The van der Waals surface area contributed by atoms with Crippen LogP contribution in [0, 0.1) is 5.82 Å². The van der Waals surface area contributed by atoms with Gasteiger partial charge in [0.1, 0.15) is 11.6 Å². The van der Waals surface area contributed by atoms with Gasteiger partial charge in [-0.15, -0.1) is 0 Å². The van der Waals surface area contributed by atoms with Crippen LogP contribution in [0.15, 0.2) is 54.7 Å². The third kappa shape index (κ3) is 3.12. The van der Waals surface area contributed by atoms with Gasteiger partial charge in [0, 0.05) is 5.56 Å². The fourth-order valence-electron chi connectivity index (χ4n) is 2.48. The number of H-pyrrole nitrogens is 1. The number of aromatic nitrogens is 2. The molecule has 0 radical (unpaired) electrons. The van der Waals surface area contributed by atoms with E-state index in [0.717, 1.165) is 5.56 Å². The molecule has 0 bridgehead atoms. The van der Waals surface area contributed by atoms with Crippen LogP contribution in [0.25, 0.3) is 11.3 Å². The van der Waals surface area contributed by atoms with E-state index in [-0.39, 0.29) is 28.8 Å². The molecule has 1 atom stereocenters. The molecule has 6 heteroatoms. The summed E-state index contributed by atoms with van der Waals surface area (Å²) in [6.45, 7) is 1.80. The molecule has 0 spiro atoms. The van der Waals surface area contributed by atoms with E-state index in [1.54, 1.807) is 49.4 Å². The molecular formula is C18H16FN3O2. The smallest absolute Gasteiger partial charge is 0.255 e. The fourth-order valence-corrected chi connectivity index (χ4v) is 2.48. The van der Waals surface area contributed by atoms with Crippen molar-refractivity contribution >= 4 is 5.91 Å². The predicted octanol–water partition coefficient (Wildman–Crippen LogP) is 3.41. The quantitative estimate of drug-likeness (QED) is 0.688. The first-order valence-electron chi connectivity index (χ1n) is 7.44. The van der Waals surface area contributed by atoms with E-state index in [0.29, 0.717) is 5.69 Å². The first-order valence-corrected chi connectivity index (χ1v) is 7.44. The number of nitrogens with zero attached hydrogens (tertiary/aromatic N) is 1. The molecule has 3 aromatic rings. The standard InChI is InChI=1S/C18H16FN3O2/c1-11(12-5-4-6-13(23)9-12)21-18(24)15-10-20-22-17(15)14-7-2-3-8-16(14)19/h2-11,23H,1H3,(H,20,22)(H,21,24). The van der Waals surface area contributed by atoms with Gasteiger partial charge in [-0.25, -0.2) is 4.39 Å². The Morgan fingerprint density at radius 3 is 2.79 bits per heavy atom. The maximum Gasteiger partial charge on any atom is 0.255 e. The number of rotatable bonds is 4. The van der Waals surface area contributed by atoms with Crippen LogP contribution in [0.3, 0.4) is 0 Å². The van der Waals surface area contributed by atoms with Crippen molar-refractivity contribution in [2.24, 2.45) is 0 Å². The lowest BCUT2D eigenvalue weighted by Gasteiger charge is -2.14. The average molecular weight is 325 g/mol. The van der Waals surface area contributed by atoms with Crippen LogP contribution < -0.4 is 5.32 Å². The second-order valence-corrected chi connectivity index (χ2v) is 5.43. The van der Waals surface area contributed by atoms with Gasteiger partial charge in [-0.2, -0.15) is 5.10 Å². The van der Waals surface area contributed by atoms with Gasteiger partial charge in [0.05, 0.1) is 23.5 Å². The summed E-state index contributed by atoms with van der Waals surface area (Å²) in [5, 5.41) is 18.9. The van der Waals surface area contributed by atoms with Crippen LogP contribution in [-0.4, -0.2) is 21.2 Å². The van der Waals surface area contributed by atoms with E-state index in [2.05, 4.69) is 15.5 Å². The molecule has 2 aromatic carbocycles. The summed E-state index contributed by atoms with van der Waals surface area (Å²) in [7, 11) is 0. The van der Waals surface area contributed by atoms with Gasteiger partial charge >= 0.3 is 0 Å². The molecule has 1 amide bonds. The molecule has 1 aromatic heterocycles. The van der Waals surface area contributed by atoms with Crippen molar-refractivity contribution in [3.63, 3.8) is 0 Å². The number of phenolic OH excluding ortho intramolecular Hbond substituents is 1. The molecule has 0 saturated carbocycles. The number of benzene rings is 2. The van der Waals surface area contributed by atoms with E-state index >= 15 is 0 Å². The van der Waals surface area contributed by atoms with Gasteiger partial charge in [-0.05, 0) is 36.8 Å². The van der Waals surface area contributed by atoms with Crippen molar-refractivity contribution in [1.29, 1.82) is 0 Å². The van der Waals surface area contributed by atoms with E-state index in [1.165, 1.54) is 12.3 Å². The Labute approximate surface area is 138 Å². The summed E-state index contributed by atoms with van der Waals surface area (Å²) in [6, 6.07) is 12.5. The Morgan fingerprint density at radius 2 is 2.04 bits per heavy atom. The van der Waals surface area contributed by atoms with Gasteiger partial charge < -0.3 is 10.4 Å². The highest BCUT2D eigenvalue weighted by molar-refractivity contribution is 6.00. The minimum Gasteiger partial charge on any atom is -0.508 e. The summed E-state index contributed by atoms with van der Waals surface area (Å²) < 4.78 is 14.0. The fraction of sp³-hybridized carbons (Fsp3) is 0.111. The van der Waals surface area contributed by atoms with Crippen molar-refractivity contribution in [3.05, 3.63) is 71.7 Å². The highest BCUT2D eigenvalue weighted by Gasteiger charge is 2.19. The molecule has 3 rings (SSSR count). The zero-order valence-corrected chi connectivity index (χ0v) is 13.0. The maximum absolute atomic E-state index is 14.0. The van der Waals surface area contributed by atoms with Gasteiger partial charge in [0.15, 0.2) is 0 Å². The van der Waals surface area contributed by atoms with Crippen LogP contribution in [0.5, 0.6) is 5.75 Å². The minimum absolute atomic E-state index is 0.129. The Morgan fingerprint density at radius 1 is 1.25 bits per heavy atom. The SMILES string of the molecule is CC(NC(=O)c1cn[nH]c1-c1ccccc1F)c1cccc(O)c1. The molecule has 0 fully saturated rings. The number of hydrogen-bond acceptors (Lipinski definition) is 3.